The highest BCUT2D eigenvalue weighted by Crippen LogP contribution is 2.36. The van der Waals surface area contributed by atoms with Gasteiger partial charge in [0, 0.05) is 17.2 Å². The highest BCUT2D eigenvalue weighted by atomic mass is 32.2. The minimum atomic E-state index is -0.270. The summed E-state index contributed by atoms with van der Waals surface area (Å²) in [5, 5.41) is 6.09. The number of carbonyl (C=O) groups excluding carboxylic acids is 1. The highest BCUT2D eigenvalue weighted by molar-refractivity contribution is 7.99. The topological polar surface area (TPSA) is 44.4 Å². The largest absolute Gasteiger partial charge is 0.331 e. The molecule has 26 heavy (non-hydrogen) atoms. The number of nitrogens with zero attached hydrogens (tertiary/aromatic N) is 1. The molecule has 6 heteroatoms. The molecule has 0 aromatic heterocycles. The maximum absolute atomic E-state index is 13.6. The van der Waals surface area contributed by atoms with Crippen molar-refractivity contribution < 1.29 is 9.18 Å². The molecule has 138 valence electrons. The van der Waals surface area contributed by atoms with Gasteiger partial charge in [0.25, 0.3) is 0 Å². The minimum absolute atomic E-state index is 0.115. The molecular formula is C20H24FN3OS. The fraction of sp³-hybridized carbons (Fsp3) is 0.350. The van der Waals surface area contributed by atoms with Gasteiger partial charge in [-0.25, -0.2) is 9.18 Å². The van der Waals surface area contributed by atoms with Gasteiger partial charge in [0.1, 0.15) is 5.82 Å². The molecule has 3 rings (SSSR count). The molecule has 2 atom stereocenters. The number of fused-ring (bicyclic) bond motifs is 1. The van der Waals surface area contributed by atoms with E-state index in [2.05, 4.69) is 10.6 Å². The second-order valence-electron chi connectivity index (χ2n) is 6.72. The van der Waals surface area contributed by atoms with E-state index in [0.717, 1.165) is 28.2 Å². The lowest BCUT2D eigenvalue weighted by Gasteiger charge is -2.28. The fourth-order valence-electron chi connectivity index (χ4n) is 3.16. The predicted octanol–water partition coefficient (Wildman–Crippen LogP) is 3.96. The molecule has 2 aromatic rings. The van der Waals surface area contributed by atoms with Crippen molar-refractivity contribution in [3.8, 4) is 0 Å². The van der Waals surface area contributed by atoms with Gasteiger partial charge in [-0.05, 0) is 49.8 Å². The second-order valence-corrected chi connectivity index (χ2v) is 7.85. The van der Waals surface area contributed by atoms with Crippen LogP contribution >= 0.6 is 11.8 Å². The number of hydrogen-bond acceptors (Lipinski definition) is 3. The summed E-state index contributed by atoms with van der Waals surface area (Å²) in [6.07, 6.45) is 0.790. The SMILES string of the molecule is CN(C)CC(NC(=O)NC1CCSc2ccc(F)cc21)c1ccccc1. The van der Waals surface area contributed by atoms with E-state index in [-0.39, 0.29) is 23.9 Å². The van der Waals surface area contributed by atoms with Crippen LogP contribution in [-0.4, -0.2) is 37.3 Å². The lowest BCUT2D eigenvalue weighted by Crippen LogP contribution is -2.43. The van der Waals surface area contributed by atoms with Crippen LogP contribution in [0.5, 0.6) is 0 Å². The van der Waals surface area contributed by atoms with Crippen LogP contribution in [0.25, 0.3) is 0 Å². The maximum Gasteiger partial charge on any atom is 0.315 e. The van der Waals surface area contributed by atoms with Crippen LogP contribution < -0.4 is 10.6 Å². The van der Waals surface area contributed by atoms with Crippen molar-refractivity contribution in [1.82, 2.24) is 15.5 Å². The van der Waals surface area contributed by atoms with Gasteiger partial charge in [-0.1, -0.05) is 30.3 Å². The summed E-state index contributed by atoms with van der Waals surface area (Å²) in [5.41, 5.74) is 1.92. The Morgan fingerprint density at radius 3 is 2.77 bits per heavy atom. The van der Waals surface area contributed by atoms with Crippen molar-refractivity contribution in [2.75, 3.05) is 26.4 Å². The quantitative estimate of drug-likeness (QED) is 0.834. The van der Waals surface area contributed by atoms with Gasteiger partial charge in [0.05, 0.1) is 12.1 Å². The summed E-state index contributed by atoms with van der Waals surface area (Å²) >= 11 is 1.70. The average molecular weight is 373 g/mol. The molecule has 2 N–H and O–H groups in total. The van der Waals surface area contributed by atoms with Crippen molar-refractivity contribution >= 4 is 17.8 Å². The Morgan fingerprint density at radius 2 is 2.04 bits per heavy atom. The van der Waals surface area contributed by atoms with E-state index >= 15 is 0 Å². The van der Waals surface area contributed by atoms with Crippen LogP contribution in [-0.2, 0) is 0 Å². The molecule has 0 saturated carbocycles. The maximum atomic E-state index is 13.6. The second kappa shape index (κ2) is 8.56. The van der Waals surface area contributed by atoms with Crippen LogP contribution in [0, 0.1) is 5.82 Å². The zero-order chi connectivity index (χ0) is 18.5. The first-order valence-corrected chi connectivity index (χ1v) is 9.70. The van der Waals surface area contributed by atoms with Crippen molar-refractivity contribution in [3.05, 3.63) is 65.5 Å². The van der Waals surface area contributed by atoms with Gasteiger partial charge < -0.3 is 15.5 Å². The number of likely N-dealkylation sites (N-methyl/N-ethyl adjacent to an activating group) is 1. The van der Waals surface area contributed by atoms with E-state index in [1.54, 1.807) is 17.8 Å². The molecule has 1 aliphatic heterocycles. The summed E-state index contributed by atoms with van der Waals surface area (Å²) in [5.74, 6) is 0.636. The van der Waals surface area contributed by atoms with E-state index in [4.69, 9.17) is 0 Å². The zero-order valence-corrected chi connectivity index (χ0v) is 15.9. The molecule has 0 bridgehead atoms. The molecule has 2 unspecified atom stereocenters. The molecule has 2 amide bonds. The number of thioether (sulfide) groups is 1. The molecule has 0 radical (unpaired) electrons. The van der Waals surface area contributed by atoms with E-state index in [1.807, 2.05) is 49.3 Å². The van der Waals surface area contributed by atoms with E-state index in [1.165, 1.54) is 12.1 Å². The number of amides is 2. The summed E-state index contributed by atoms with van der Waals surface area (Å²) in [6, 6.07) is 14.2. The number of halogens is 1. The van der Waals surface area contributed by atoms with Gasteiger partial charge in [-0.15, -0.1) is 11.8 Å². The van der Waals surface area contributed by atoms with Gasteiger partial charge in [-0.2, -0.15) is 0 Å². The monoisotopic (exact) mass is 373 g/mol. The van der Waals surface area contributed by atoms with E-state index < -0.39 is 0 Å². The van der Waals surface area contributed by atoms with E-state index in [0.29, 0.717) is 6.54 Å². The Kier molecular flexibility index (Phi) is 6.16. The minimum Gasteiger partial charge on any atom is -0.331 e. The van der Waals surface area contributed by atoms with Gasteiger partial charge in [-0.3, -0.25) is 0 Å². The van der Waals surface area contributed by atoms with Crippen LogP contribution in [0.4, 0.5) is 9.18 Å². The van der Waals surface area contributed by atoms with Gasteiger partial charge in [0.2, 0.25) is 0 Å². The Bertz CT molecular complexity index is 754. The number of carbonyl (C=O) groups is 1. The Balaban J connectivity index is 1.71. The van der Waals surface area contributed by atoms with Gasteiger partial charge >= 0.3 is 6.03 Å². The summed E-state index contributed by atoms with van der Waals surface area (Å²) < 4.78 is 13.6. The number of benzene rings is 2. The molecule has 4 nitrogen and oxygen atoms in total. The van der Waals surface area contributed by atoms with E-state index in [9.17, 15) is 9.18 Å². The molecule has 1 heterocycles. The third-order valence-corrected chi connectivity index (χ3v) is 5.49. The first-order chi connectivity index (χ1) is 12.5. The fourth-order valence-corrected chi connectivity index (χ4v) is 4.26. The third-order valence-electron chi connectivity index (χ3n) is 4.37. The predicted molar refractivity (Wildman–Crippen MR) is 104 cm³/mol. The van der Waals surface area contributed by atoms with Crippen LogP contribution in [0.15, 0.2) is 53.4 Å². The lowest BCUT2D eigenvalue weighted by atomic mass is 10.0. The Hall–Kier alpha value is -2.05. The number of hydrogen-bond donors (Lipinski definition) is 2. The summed E-state index contributed by atoms with van der Waals surface area (Å²) in [6.45, 7) is 0.698. The zero-order valence-electron chi connectivity index (χ0n) is 15.0. The molecule has 0 aliphatic carbocycles. The first kappa shape index (κ1) is 18.7. The van der Waals surface area contributed by atoms with Crippen molar-refractivity contribution in [1.29, 1.82) is 0 Å². The number of urea groups is 1. The molecule has 0 fully saturated rings. The van der Waals surface area contributed by atoms with Crippen LogP contribution in [0.2, 0.25) is 0 Å². The number of nitrogens with one attached hydrogen (secondary N) is 2. The van der Waals surface area contributed by atoms with Crippen molar-refractivity contribution in [2.24, 2.45) is 0 Å². The molecule has 1 aliphatic rings. The normalized spacial score (nSPS) is 17.5. The van der Waals surface area contributed by atoms with Gasteiger partial charge in [0.15, 0.2) is 0 Å². The molecule has 0 saturated heterocycles. The lowest BCUT2D eigenvalue weighted by molar-refractivity contribution is 0.228. The first-order valence-electron chi connectivity index (χ1n) is 8.72. The highest BCUT2D eigenvalue weighted by Gasteiger charge is 2.24. The Morgan fingerprint density at radius 1 is 1.27 bits per heavy atom. The standard InChI is InChI=1S/C20H24FN3OS/c1-24(2)13-18(14-6-4-3-5-7-14)23-20(25)22-17-10-11-26-19-9-8-15(21)12-16(17)19/h3-9,12,17-18H,10-11,13H2,1-2H3,(H2,22,23,25). The molecule has 0 spiro atoms. The van der Waals surface area contributed by atoms with Crippen LogP contribution in [0.3, 0.4) is 0 Å². The van der Waals surface area contributed by atoms with Crippen molar-refractivity contribution in [2.45, 2.75) is 23.4 Å². The average Bonchev–Trinajstić information content (AvgIpc) is 2.62. The summed E-state index contributed by atoms with van der Waals surface area (Å²) in [4.78, 5) is 15.7. The smallest absolute Gasteiger partial charge is 0.315 e. The summed E-state index contributed by atoms with van der Waals surface area (Å²) in [7, 11) is 3.96. The van der Waals surface area contributed by atoms with Crippen LogP contribution in [0.1, 0.15) is 29.6 Å². The third kappa shape index (κ3) is 4.77. The molecule has 2 aromatic carbocycles. The molecular weight excluding hydrogens is 349 g/mol. The number of rotatable bonds is 5. The Labute approximate surface area is 158 Å². The van der Waals surface area contributed by atoms with Crippen molar-refractivity contribution in [3.63, 3.8) is 0 Å².